The second kappa shape index (κ2) is 10.9. The van der Waals surface area contributed by atoms with E-state index in [1.807, 2.05) is 41.4 Å². The highest BCUT2D eigenvalue weighted by molar-refractivity contribution is 7.83. The molecule has 0 aliphatic carbocycles. The van der Waals surface area contributed by atoms with E-state index in [1.54, 1.807) is 11.5 Å². The van der Waals surface area contributed by atoms with E-state index in [0.717, 1.165) is 31.8 Å². The smallest absolute Gasteiger partial charge is 0.130 e. The van der Waals surface area contributed by atoms with Crippen LogP contribution < -0.4 is 10.8 Å². The molecule has 1 aromatic rings. The molecular formula is C22H28ClFN4OS. The average molecular weight is 451 g/mol. The Labute approximate surface area is 188 Å². The van der Waals surface area contributed by atoms with E-state index in [-0.39, 0.29) is 11.9 Å². The third-order valence-corrected chi connectivity index (χ3v) is 5.60. The first-order valence-electron chi connectivity index (χ1n) is 10.0. The van der Waals surface area contributed by atoms with Gasteiger partial charge in [-0.05, 0) is 43.0 Å². The molecule has 1 atom stereocenters. The molecule has 1 fully saturated rings. The summed E-state index contributed by atoms with van der Waals surface area (Å²) in [5.74, 6) is 0.580. The Morgan fingerprint density at radius 3 is 2.93 bits per heavy atom. The molecule has 2 aliphatic rings. The van der Waals surface area contributed by atoms with Crippen LogP contribution in [0, 0.1) is 5.82 Å². The maximum atomic E-state index is 15.0. The van der Waals surface area contributed by atoms with Crippen molar-refractivity contribution in [3.05, 3.63) is 76.0 Å². The number of hydrogen-bond donors (Lipinski definition) is 3. The zero-order valence-corrected chi connectivity index (χ0v) is 18.9. The quantitative estimate of drug-likeness (QED) is 0.398. The molecule has 2 aliphatic heterocycles. The van der Waals surface area contributed by atoms with E-state index in [1.165, 1.54) is 6.07 Å². The van der Waals surface area contributed by atoms with E-state index >= 15 is 4.39 Å². The van der Waals surface area contributed by atoms with Crippen molar-refractivity contribution < 1.29 is 9.23 Å². The Morgan fingerprint density at radius 2 is 2.27 bits per heavy atom. The fourth-order valence-electron chi connectivity index (χ4n) is 3.29. The average Bonchev–Trinajstić information content (AvgIpc) is 3.36. The van der Waals surface area contributed by atoms with Crippen molar-refractivity contribution in [3.8, 4) is 0 Å². The third-order valence-electron chi connectivity index (χ3n) is 5.00. The van der Waals surface area contributed by atoms with Gasteiger partial charge >= 0.3 is 0 Å². The van der Waals surface area contributed by atoms with Crippen LogP contribution in [0.3, 0.4) is 0 Å². The number of thiol groups is 1. The minimum Gasteiger partial charge on any atom is -0.336 e. The van der Waals surface area contributed by atoms with Gasteiger partial charge in [-0.25, -0.2) is 4.39 Å². The van der Waals surface area contributed by atoms with Crippen LogP contribution >= 0.6 is 24.2 Å². The number of benzene rings is 1. The first kappa shape index (κ1) is 22.7. The van der Waals surface area contributed by atoms with Crippen LogP contribution in [-0.4, -0.2) is 36.0 Å². The van der Waals surface area contributed by atoms with Crippen LogP contribution in [0.1, 0.15) is 30.9 Å². The lowest BCUT2D eigenvalue weighted by Gasteiger charge is -2.23. The van der Waals surface area contributed by atoms with Gasteiger partial charge in [0.2, 0.25) is 0 Å². The standard InChI is InChI=1S/C22H28ClFN4OS/c1-3-4-5-6-22-27(2)9-10-28(22)14-18-19(23)11-16(12-20(18)24)21(15-30)26-29-17-7-8-25-13-17/h4-6,9-12,15,17,25-26,30H,3,7-8,13-14H2,1-2H3/b5-4+,21-15-,22-6+. The highest BCUT2D eigenvalue weighted by atomic mass is 35.5. The summed E-state index contributed by atoms with van der Waals surface area (Å²) in [5, 5.41) is 5.13. The Kier molecular flexibility index (Phi) is 8.27. The predicted octanol–water partition coefficient (Wildman–Crippen LogP) is 4.62. The number of rotatable bonds is 8. The lowest BCUT2D eigenvalue weighted by atomic mass is 10.1. The van der Waals surface area contributed by atoms with Gasteiger partial charge in [-0.3, -0.25) is 10.3 Å². The third kappa shape index (κ3) is 5.60. The summed E-state index contributed by atoms with van der Waals surface area (Å²) in [7, 11) is 1.96. The Hall–Kier alpha value is -1.93. The van der Waals surface area contributed by atoms with Crippen molar-refractivity contribution in [1.82, 2.24) is 20.6 Å². The number of hydroxylamine groups is 1. The largest absolute Gasteiger partial charge is 0.336 e. The van der Waals surface area contributed by atoms with Gasteiger partial charge in [-0.2, -0.15) is 0 Å². The number of allylic oxidation sites excluding steroid dienone is 3. The molecule has 2 heterocycles. The highest BCUT2D eigenvalue weighted by Gasteiger charge is 2.21. The van der Waals surface area contributed by atoms with Crippen molar-refractivity contribution in [2.45, 2.75) is 32.4 Å². The van der Waals surface area contributed by atoms with Crippen molar-refractivity contribution in [3.63, 3.8) is 0 Å². The van der Waals surface area contributed by atoms with Gasteiger partial charge in [0.1, 0.15) is 11.6 Å². The first-order valence-corrected chi connectivity index (χ1v) is 10.9. The molecule has 0 radical (unpaired) electrons. The van der Waals surface area contributed by atoms with E-state index < -0.39 is 0 Å². The molecule has 0 spiro atoms. The summed E-state index contributed by atoms with van der Waals surface area (Å²) < 4.78 is 15.0. The fourth-order valence-corrected chi connectivity index (χ4v) is 3.76. The van der Waals surface area contributed by atoms with Gasteiger partial charge in [0.05, 0.1) is 18.3 Å². The summed E-state index contributed by atoms with van der Waals surface area (Å²) in [5.41, 5.74) is 4.47. The van der Waals surface area contributed by atoms with Crippen LogP contribution in [0.5, 0.6) is 0 Å². The van der Waals surface area contributed by atoms with Crippen molar-refractivity contribution >= 4 is 29.9 Å². The van der Waals surface area contributed by atoms with Gasteiger partial charge < -0.3 is 15.1 Å². The van der Waals surface area contributed by atoms with Crippen LogP contribution in [0.25, 0.3) is 5.70 Å². The molecule has 0 aromatic heterocycles. The maximum absolute atomic E-state index is 15.0. The predicted molar refractivity (Wildman–Crippen MR) is 124 cm³/mol. The summed E-state index contributed by atoms with van der Waals surface area (Å²) in [6.07, 6.45) is 11.9. The summed E-state index contributed by atoms with van der Waals surface area (Å²) >= 11 is 10.7. The molecule has 1 aromatic carbocycles. The number of nitrogens with one attached hydrogen (secondary N) is 2. The Balaban J connectivity index is 1.74. The van der Waals surface area contributed by atoms with Gasteiger partial charge in [0.15, 0.2) is 0 Å². The monoisotopic (exact) mass is 450 g/mol. The topological polar surface area (TPSA) is 39.8 Å². The van der Waals surface area contributed by atoms with E-state index in [9.17, 15) is 0 Å². The molecule has 2 N–H and O–H groups in total. The lowest BCUT2D eigenvalue weighted by molar-refractivity contribution is 0.0173. The summed E-state index contributed by atoms with van der Waals surface area (Å²) in [6.45, 7) is 4.11. The first-order chi connectivity index (χ1) is 14.5. The zero-order chi connectivity index (χ0) is 21.5. The highest BCUT2D eigenvalue weighted by Crippen LogP contribution is 2.29. The van der Waals surface area contributed by atoms with Crippen LogP contribution in [-0.2, 0) is 11.4 Å². The molecule has 8 heteroatoms. The van der Waals surface area contributed by atoms with Gasteiger partial charge in [-0.15, -0.1) is 12.6 Å². The van der Waals surface area contributed by atoms with Gasteiger partial charge in [0, 0.05) is 42.1 Å². The molecule has 0 bridgehead atoms. The van der Waals surface area contributed by atoms with Crippen molar-refractivity contribution in [1.29, 1.82) is 0 Å². The maximum Gasteiger partial charge on any atom is 0.130 e. The van der Waals surface area contributed by atoms with Crippen molar-refractivity contribution in [2.24, 2.45) is 0 Å². The molecule has 30 heavy (non-hydrogen) atoms. The molecule has 1 unspecified atom stereocenters. The minimum atomic E-state index is -0.374. The SMILES string of the molecule is CC/C=C/C=C1\N(C)C=CN1Cc1c(F)cc(/C(=C/S)NOC2CCNC2)cc1Cl. The Morgan fingerprint density at radius 1 is 1.43 bits per heavy atom. The number of nitrogens with zero attached hydrogens (tertiary/aromatic N) is 2. The molecule has 5 nitrogen and oxygen atoms in total. The second-order valence-corrected chi connectivity index (χ2v) is 7.86. The van der Waals surface area contributed by atoms with Crippen molar-refractivity contribution in [2.75, 3.05) is 20.1 Å². The fraction of sp³-hybridized carbons (Fsp3) is 0.364. The molecule has 0 saturated carbocycles. The minimum absolute atomic E-state index is 0.0683. The van der Waals surface area contributed by atoms with E-state index in [4.69, 9.17) is 16.4 Å². The molecule has 1 saturated heterocycles. The van der Waals surface area contributed by atoms with Gasteiger partial charge in [-0.1, -0.05) is 30.7 Å². The number of halogens is 2. The molecule has 0 amide bonds. The summed E-state index contributed by atoms with van der Waals surface area (Å²) in [4.78, 5) is 9.62. The normalized spacial score (nSPS) is 20.9. The summed E-state index contributed by atoms with van der Waals surface area (Å²) in [6, 6.07) is 3.19. The molecular weight excluding hydrogens is 423 g/mol. The molecule has 3 rings (SSSR count). The van der Waals surface area contributed by atoms with E-state index in [2.05, 4.69) is 36.4 Å². The Bertz CT molecular complexity index is 842. The lowest BCUT2D eigenvalue weighted by Crippen LogP contribution is -2.25. The van der Waals surface area contributed by atoms with Crippen LogP contribution in [0.15, 0.2) is 54.0 Å². The van der Waals surface area contributed by atoms with Crippen LogP contribution in [0.4, 0.5) is 4.39 Å². The van der Waals surface area contributed by atoms with E-state index in [0.29, 0.717) is 28.4 Å². The van der Waals surface area contributed by atoms with Gasteiger partial charge in [0.25, 0.3) is 0 Å². The number of hydrogen-bond acceptors (Lipinski definition) is 6. The second-order valence-electron chi connectivity index (χ2n) is 7.19. The zero-order valence-electron chi connectivity index (χ0n) is 17.2. The molecule has 162 valence electrons. The van der Waals surface area contributed by atoms with Crippen LogP contribution in [0.2, 0.25) is 5.02 Å².